The Bertz CT molecular complexity index is 538. The predicted octanol–water partition coefficient (Wildman–Crippen LogP) is 3.38. The highest BCUT2D eigenvalue weighted by Crippen LogP contribution is 2.34. The van der Waals surface area contributed by atoms with Crippen LogP contribution in [0.25, 0.3) is 0 Å². The van der Waals surface area contributed by atoms with Crippen molar-refractivity contribution in [3.8, 4) is 0 Å². The Hall–Kier alpha value is -1.47. The minimum absolute atomic E-state index is 0.0466. The van der Waals surface area contributed by atoms with Crippen LogP contribution in [0.15, 0.2) is 29.1 Å². The van der Waals surface area contributed by atoms with E-state index in [2.05, 4.69) is 4.98 Å². The van der Waals surface area contributed by atoms with Crippen LogP contribution in [0.2, 0.25) is 0 Å². The lowest BCUT2D eigenvalue weighted by atomic mass is 10.0. The monoisotopic (exact) mass is 277 g/mol. The summed E-state index contributed by atoms with van der Waals surface area (Å²) in [5.74, 6) is -1.36. The van der Waals surface area contributed by atoms with Crippen LogP contribution in [0.1, 0.15) is 22.9 Å². The average Bonchev–Trinajstić information content (AvgIpc) is 2.80. The maximum Gasteiger partial charge on any atom is 0.419 e. The van der Waals surface area contributed by atoms with Gasteiger partial charge in [0.1, 0.15) is 11.9 Å². The number of aliphatic hydroxyl groups is 1. The molecular formula is C11H7F4NOS. The first-order chi connectivity index (χ1) is 8.39. The van der Waals surface area contributed by atoms with Crippen LogP contribution in [0.4, 0.5) is 17.6 Å². The third-order valence-corrected chi connectivity index (χ3v) is 2.95. The van der Waals surface area contributed by atoms with Crippen LogP contribution < -0.4 is 0 Å². The zero-order valence-electron chi connectivity index (χ0n) is 8.78. The summed E-state index contributed by atoms with van der Waals surface area (Å²) < 4.78 is 50.6. The predicted molar refractivity (Wildman–Crippen MR) is 57.6 cm³/mol. The molecule has 1 N–H and O–H groups in total. The minimum Gasteiger partial charge on any atom is -0.382 e. The van der Waals surface area contributed by atoms with Gasteiger partial charge in [0.2, 0.25) is 0 Å². The molecule has 0 aliphatic carbocycles. The summed E-state index contributed by atoms with van der Waals surface area (Å²) in [6.45, 7) is 0. The second-order valence-electron chi connectivity index (χ2n) is 3.55. The summed E-state index contributed by atoms with van der Waals surface area (Å²) in [7, 11) is 0. The molecule has 0 amide bonds. The number of hydrogen-bond acceptors (Lipinski definition) is 3. The highest BCUT2D eigenvalue weighted by atomic mass is 32.1. The van der Waals surface area contributed by atoms with E-state index in [4.69, 9.17) is 0 Å². The van der Waals surface area contributed by atoms with Crippen molar-refractivity contribution in [2.24, 2.45) is 0 Å². The molecular weight excluding hydrogens is 270 g/mol. The second kappa shape index (κ2) is 4.66. The van der Waals surface area contributed by atoms with E-state index in [-0.39, 0.29) is 11.3 Å². The molecule has 1 unspecified atom stereocenters. The molecule has 7 heteroatoms. The molecule has 0 saturated carbocycles. The van der Waals surface area contributed by atoms with Gasteiger partial charge in [0.25, 0.3) is 0 Å². The van der Waals surface area contributed by atoms with E-state index in [0.29, 0.717) is 12.1 Å². The molecule has 2 nitrogen and oxygen atoms in total. The van der Waals surface area contributed by atoms with Crippen molar-refractivity contribution < 1.29 is 22.7 Å². The number of benzene rings is 1. The third-order valence-electron chi connectivity index (χ3n) is 2.34. The molecule has 0 saturated heterocycles. The van der Waals surface area contributed by atoms with Gasteiger partial charge in [0.05, 0.1) is 16.8 Å². The van der Waals surface area contributed by atoms with Crippen molar-refractivity contribution in [2.75, 3.05) is 0 Å². The van der Waals surface area contributed by atoms with Gasteiger partial charge in [-0.2, -0.15) is 13.2 Å². The molecule has 0 spiro atoms. The van der Waals surface area contributed by atoms with Crippen molar-refractivity contribution in [1.29, 1.82) is 0 Å². The number of halogens is 4. The Kier molecular flexibility index (Phi) is 3.36. The van der Waals surface area contributed by atoms with E-state index >= 15 is 0 Å². The van der Waals surface area contributed by atoms with E-state index in [1.165, 1.54) is 22.2 Å². The number of rotatable bonds is 2. The summed E-state index contributed by atoms with van der Waals surface area (Å²) >= 11 is 1.21. The lowest BCUT2D eigenvalue weighted by Gasteiger charge is -2.13. The Morgan fingerprint density at radius 2 is 2.00 bits per heavy atom. The highest BCUT2D eigenvalue weighted by molar-refractivity contribution is 7.07. The van der Waals surface area contributed by atoms with Crippen LogP contribution in [-0.4, -0.2) is 10.1 Å². The maximum atomic E-state index is 13.1. The second-order valence-corrected chi connectivity index (χ2v) is 4.27. The first-order valence-electron chi connectivity index (χ1n) is 4.82. The van der Waals surface area contributed by atoms with Crippen molar-refractivity contribution in [3.05, 3.63) is 51.7 Å². The standard InChI is InChI=1S/C11H7F4NOS/c12-8-2-1-6(3-7(8)11(13,14)15)10(17)9-4-18-5-16-9/h1-5,10,17H. The molecule has 96 valence electrons. The van der Waals surface area contributed by atoms with Crippen LogP contribution in [0.5, 0.6) is 0 Å². The van der Waals surface area contributed by atoms with Crippen LogP contribution in [0.3, 0.4) is 0 Å². The summed E-state index contributed by atoms with van der Waals surface area (Å²) in [4.78, 5) is 3.80. The number of alkyl halides is 3. The average molecular weight is 277 g/mol. The van der Waals surface area contributed by atoms with Crippen LogP contribution in [0, 0.1) is 5.82 Å². The van der Waals surface area contributed by atoms with Gasteiger partial charge in [-0.1, -0.05) is 6.07 Å². The van der Waals surface area contributed by atoms with Gasteiger partial charge in [-0.05, 0) is 17.7 Å². The number of aliphatic hydroxyl groups excluding tert-OH is 1. The van der Waals surface area contributed by atoms with Gasteiger partial charge >= 0.3 is 6.18 Å². The fourth-order valence-electron chi connectivity index (χ4n) is 1.46. The van der Waals surface area contributed by atoms with E-state index in [1.54, 1.807) is 0 Å². The lowest BCUT2D eigenvalue weighted by Crippen LogP contribution is -2.10. The summed E-state index contributed by atoms with van der Waals surface area (Å²) in [5, 5.41) is 11.3. The van der Waals surface area contributed by atoms with Gasteiger partial charge in [-0.25, -0.2) is 9.37 Å². The largest absolute Gasteiger partial charge is 0.419 e. The van der Waals surface area contributed by atoms with Crippen LogP contribution in [-0.2, 0) is 6.18 Å². The highest BCUT2D eigenvalue weighted by Gasteiger charge is 2.34. The minimum atomic E-state index is -4.79. The quantitative estimate of drug-likeness (QED) is 0.854. The van der Waals surface area contributed by atoms with E-state index in [1.807, 2.05) is 0 Å². The normalized spacial score (nSPS) is 13.6. The zero-order valence-corrected chi connectivity index (χ0v) is 9.60. The van der Waals surface area contributed by atoms with Gasteiger partial charge in [0.15, 0.2) is 0 Å². The molecule has 0 bridgehead atoms. The SMILES string of the molecule is OC(c1ccc(F)c(C(F)(F)F)c1)c1cscn1. The zero-order chi connectivity index (χ0) is 13.3. The summed E-state index contributed by atoms with van der Waals surface area (Å²) in [6.07, 6.45) is -6.08. The van der Waals surface area contributed by atoms with Gasteiger partial charge in [-0.3, -0.25) is 0 Å². The molecule has 1 atom stereocenters. The van der Waals surface area contributed by atoms with Gasteiger partial charge in [0, 0.05) is 5.38 Å². The molecule has 1 aromatic heterocycles. The Labute approximate surface area is 104 Å². The lowest BCUT2D eigenvalue weighted by molar-refractivity contribution is -0.140. The number of thiazole rings is 1. The summed E-state index contributed by atoms with van der Waals surface area (Å²) in [6, 6.07) is 2.39. The van der Waals surface area contributed by atoms with Crippen molar-refractivity contribution in [3.63, 3.8) is 0 Å². The molecule has 2 rings (SSSR count). The van der Waals surface area contributed by atoms with Gasteiger partial charge in [-0.15, -0.1) is 11.3 Å². The molecule has 2 aromatic rings. The molecule has 0 aliphatic rings. The Morgan fingerprint density at radius 3 is 2.56 bits per heavy atom. The molecule has 0 fully saturated rings. The third kappa shape index (κ3) is 2.51. The molecule has 1 aromatic carbocycles. The summed E-state index contributed by atoms with van der Waals surface area (Å²) in [5.41, 5.74) is 0.246. The number of aromatic nitrogens is 1. The van der Waals surface area contributed by atoms with E-state index in [0.717, 1.165) is 6.07 Å². The molecule has 18 heavy (non-hydrogen) atoms. The van der Waals surface area contributed by atoms with Gasteiger partial charge < -0.3 is 5.11 Å². The Morgan fingerprint density at radius 1 is 1.28 bits per heavy atom. The van der Waals surface area contributed by atoms with E-state index < -0.39 is 23.7 Å². The topological polar surface area (TPSA) is 33.1 Å². The smallest absolute Gasteiger partial charge is 0.382 e. The maximum absolute atomic E-state index is 13.1. The van der Waals surface area contributed by atoms with Crippen molar-refractivity contribution in [2.45, 2.75) is 12.3 Å². The molecule has 1 heterocycles. The molecule has 0 radical (unpaired) electrons. The van der Waals surface area contributed by atoms with E-state index in [9.17, 15) is 22.7 Å². The first-order valence-corrected chi connectivity index (χ1v) is 5.76. The molecule has 0 aliphatic heterocycles. The Balaban J connectivity index is 2.42. The first kappa shape index (κ1) is 13.0. The fourth-order valence-corrected chi connectivity index (χ4v) is 2.03. The van der Waals surface area contributed by atoms with Crippen molar-refractivity contribution >= 4 is 11.3 Å². The fraction of sp³-hybridized carbons (Fsp3) is 0.182. The number of hydrogen-bond donors (Lipinski definition) is 1. The van der Waals surface area contributed by atoms with Crippen LogP contribution >= 0.6 is 11.3 Å². The number of nitrogens with zero attached hydrogens (tertiary/aromatic N) is 1. The van der Waals surface area contributed by atoms with Crippen molar-refractivity contribution in [1.82, 2.24) is 4.98 Å².